The summed E-state index contributed by atoms with van der Waals surface area (Å²) in [5.41, 5.74) is 9.20. The van der Waals surface area contributed by atoms with Gasteiger partial charge in [-0.15, -0.1) is 0 Å². The molecule has 4 N–H and O–H groups in total. The van der Waals surface area contributed by atoms with Gasteiger partial charge in [0.2, 0.25) is 11.8 Å². The summed E-state index contributed by atoms with van der Waals surface area (Å²) < 4.78 is 2.09. The molecule has 0 spiro atoms. The second-order valence-corrected chi connectivity index (χ2v) is 7.81. The molecule has 0 aliphatic heterocycles. The number of benzene rings is 3. The summed E-state index contributed by atoms with van der Waals surface area (Å²) in [4.78, 5) is 40.0. The van der Waals surface area contributed by atoms with Crippen molar-refractivity contribution in [1.29, 1.82) is 0 Å². The molecular formula is C26H25N5O3. The van der Waals surface area contributed by atoms with Crippen molar-refractivity contribution in [3.63, 3.8) is 0 Å². The highest BCUT2D eigenvalue weighted by molar-refractivity contribution is 5.96. The summed E-state index contributed by atoms with van der Waals surface area (Å²) in [6, 6.07) is 24.7. The minimum Gasteiger partial charge on any atom is -0.368 e. The molecule has 172 valence electrons. The van der Waals surface area contributed by atoms with E-state index in [1.165, 1.54) is 0 Å². The Balaban J connectivity index is 1.36. The summed E-state index contributed by atoms with van der Waals surface area (Å²) >= 11 is 0. The zero-order valence-corrected chi connectivity index (χ0v) is 18.5. The zero-order valence-electron chi connectivity index (χ0n) is 18.5. The number of aromatic nitrogens is 2. The van der Waals surface area contributed by atoms with Crippen molar-refractivity contribution in [1.82, 2.24) is 20.2 Å². The van der Waals surface area contributed by atoms with Crippen LogP contribution in [0.2, 0.25) is 0 Å². The predicted octanol–water partition coefficient (Wildman–Crippen LogP) is 2.49. The SMILES string of the molecule is NC(=O)CNC(=O)c1ccc(CNC(=O)CCc2nc3ccccc3n2-c2ccccc2)cc1. The fourth-order valence-corrected chi connectivity index (χ4v) is 3.67. The summed E-state index contributed by atoms with van der Waals surface area (Å²) in [5.74, 6) is -0.244. The van der Waals surface area contributed by atoms with E-state index < -0.39 is 5.91 Å². The first kappa shape index (κ1) is 22.7. The van der Waals surface area contributed by atoms with Gasteiger partial charge in [0.05, 0.1) is 17.6 Å². The van der Waals surface area contributed by atoms with Gasteiger partial charge in [-0.25, -0.2) is 4.98 Å². The molecule has 1 aromatic heterocycles. The van der Waals surface area contributed by atoms with E-state index in [-0.39, 0.29) is 18.4 Å². The van der Waals surface area contributed by atoms with Crippen LogP contribution in [-0.2, 0) is 22.6 Å². The van der Waals surface area contributed by atoms with Gasteiger partial charge < -0.3 is 16.4 Å². The fraction of sp³-hybridized carbons (Fsp3) is 0.154. The number of amides is 3. The van der Waals surface area contributed by atoms with Crippen LogP contribution in [0.3, 0.4) is 0 Å². The summed E-state index contributed by atoms with van der Waals surface area (Å²) in [7, 11) is 0. The average Bonchev–Trinajstić information content (AvgIpc) is 3.24. The number of carbonyl (C=O) groups excluding carboxylic acids is 3. The Hall–Kier alpha value is -4.46. The molecule has 0 saturated carbocycles. The van der Waals surface area contributed by atoms with E-state index in [0.717, 1.165) is 28.1 Å². The van der Waals surface area contributed by atoms with Gasteiger partial charge >= 0.3 is 0 Å². The van der Waals surface area contributed by atoms with Crippen LogP contribution in [0.15, 0.2) is 78.9 Å². The van der Waals surface area contributed by atoms with Crippen molar-refractivity contribution in [3.05, 3.63) is 95.8 Å². The van der Waals surface area contributed by atoms with Crippen LogP contribution in [0, 0.1) is 0 Å². The van der Waals surface area contributed by atoms with Crippen LogP contribution >= 0.6 is 0 Å². The lowest BCUT2D eigenvalue weighted by molar-refractivity contribution is -0.121. The van der Waals surface area contributed by atoms with Crippen molar-refractivity contribution >= 4 is 28.8 Å². The van der Waals surface area contributed by atoms with Gasteiger partial charge in [-0.3, -0.25) is 19.0 Å². The largest absolute Gasteiger partial charge is 0.368 e. The normalized spacial score (nSPS) is 10.7. The van der Waals surface area contributed by atoms with Crippen molar-refractivity contribution in [3.8, 4) is 5.69 Å². The number of aryl methyl sites for hydroxylation is 1. The molecule has 1 heterocycles. The topological polar surface area (TPSA) is 119 Å². The van der Waals surface area contributed by atoms with Gasteiger partial charge in [0.25, 0.3) is 5.91 Å². The molecule has 0 fully saturated rings. The highest BCUT2D eigenvalue weighted by Crippen LogP contribution is 2.22. The van der Waals surface area contributed by atoms with E-state index >= 15 is 0 Å². The number of fused-ring (bicyclic) bond motifs is 1. The maximum atomic E-state index is 12.5. The number of primary amides is 1. The molecular weight excluding hydrogens is 430 g/mol. The Bertz CT molecular complexity index is 1310. The molecule has 34 heavy (non-hydrogen) atoms. The Kier molecular flexibility index (Phi) is 6.98. The molecule has 0 radical (unpaired) electrons. The molecule has 3 aromatic carbocycles. The van der Waals surface area contributed by atoms with E-state index in [1.807, 2.05) is 54.6 Å². The Morgan fingerprint density at radius 1 is 0.853 bits per heavy atom. The summed E-state index contributed by atoms with van der Waals surface area (Å²) in [6.07, 6.45) is 0.790. The lowest BCUT2D eigenvalue weighted by Crippen LogP contribution is -2.33. The summed E-state index contributed by atoms with van der Waals surface area (Å²) in [6.45, 7) is 0.131. The molecule has 0 aliphatic carbocycles. The van der Waals surface area contributed by atoms with E-state index in [0.29, 0.717) is 24.9 Å². The Morgan fingerprint density at radius 2 is 1.56 bits per heavy atom. The highest BCUT2D eigenvalue weighted by atomic mass is 16.2. The lowest BCUT2D eigenvalue weighted by atomic mass is 10.1. The van der Waals surface area contributed by atoms with E-state index in [1.54, 1.807) is 24.3 Å². The molecule has 0 unspecified atom stereocenters. The van der Waals surface area contributed by atoms with Gasteiger partial charge in [-0.1, -0.05) is 42.5 Å². The van der Waals surface area contributed by atoms with Crippen molar-refractivity contribution in [2.75, 3.05) is 6.54 Å². The van der Waals surface area contributed by atoms with Crippen molar-refractivity contribution < 1.29 is 14.4 Å². The molecule has 4 rings (SSSR count). The van der Waals surface area contributed by atoms with Crippen LogP contribution in [-0.4, -0.2) is 33.8 Å². The number of nitrogens with zero attached hydrogens (tertiary/aromatic N) is 2. The van der Waals surface area contributed by atoms with Crippen LogP contribution in [0.4, 0.5) is 0 Å². The first-order valence-corrected chi connectivity index (χ1v) is 10.9. The smallest absolute Gasteiger partial charge is 0.251 e. The number of nitrogens with one attached hydrogen (secondary N) is 2. The minimum atomic E-state index is -0.605. The molecule has 3 amide bonds. The quantitative estimate of drug-likeness (QED) is 0.359. The van der Waals surface area contributed by atoms with Crippen LogP contribution in [0.1, 0.15) is 28.2 Å². The molecule has 8 heteroatoms. The third-order valence-corrected chi connectivity index (χ3v) is 5.35. The van der Waals surface area contributed by atoms with E-state index in [9.17, 15) is 14.4 Å². The maximum absolute atomic E-state index is 12.5. The lowest BCUT2D eigenvalue weighted by Gasteiger charge is -2.10. The first-order valence-electron chi connectivity index (χ1n) is 10.9. The van der Waals surface area contributed by atoms with E-state index in [2.05, 4.69) is 15.2 Å². The fourth-order valence-electron chi connectivity index (χ4n) is 3.67. The number of imidazole rings is 1. The average molecular weight is 456 g/mol. The van der Waals surface area contributed by atoms with E-state index in [4.69, 9.17) is 10.7 Å². The van der Waals surface area contributed by atoms with Gasteiger partial charge in [0, 0.05) is 30.6 Å². The minimum absolute atomic E-state index is 0.0880. The first-order chi connectivity index (χ1) is 16.5. The van der Waals surface area contributed by atoms with Gasteiger partial charge in [-0.2, -0.15) is 0 Å². The molecule has 4 aromatic rings. The standard InChI is InChI=1S/C26H25N5O3/c27-23(32)17-29-26(34)19-12-10-18(11-13-19)16-28-25(33)15-14-24-30-21-8-4-5-9-22(21)31(24)20-6-2-1-3-7-20/h1-13H,14-17H2,(H2,27,32)(H,28,33)(H,29,34). The second kappa shape index (κ2) is 10.4. The molecule has 0 atom stereocenters. The van der Waals surface area contributed by atoms with Gasteiger partial charge in [-0.05, 0) is 42.0 Å². The number of carbonyl (C=O) groups is 3. The van der Waals surface area contributed by atoms with Crippen LogP contribution < -0.4 is 16.4 Å². The summed E-state index contributed by atoms with van der Waals surface area (Å²) in [5, 5.41) is 5.35. The second-order valence-electron chi connectivity index (χ2n) is 7.81. The van der Waals surface area contributed by atoms with Crippen molar-refractivity contribution in [2.24, 2.45) is 5.73 Å². The number of hydrogen-bond acceptors (Lipinski definition) is 4. The van der Waals surface area contributed by atoms with Crippen molar-refractivity contribution in [2.45, 2.75) is 19.4 Å². The van der Waals surface area contributed by atoms with Crippen LogP contribution in [0.5, 0.6) is 0 Å². The number of rotatable bonds is 9. The maximum Gasteiger partial charge on any atom is 0.251 e. The molecule has 0 aliphatic rings. The molecule has 0 bridgehead atoms. The van der Waals surface area contributed by atoms with Gasteiger partial charge in [0.15, 0.2) is 0 Å². The monoisotopic (exact) mass is 455 g/mol. The third kappa shape index (κ3) is 5.47. The Morgan fingerprint density at radius 3 is 2.29 bits per heavy atom. The molecule has 0 saturated heterocycles. The molecule has 8 nitrogen and oxygen atoms in total. The number of para-hydroxylation sites is 3. The number of nitrogens with two attached hydrogens (primary N) is 1. The van der Waals surface area contributed by atoms with Crippen LogP contribution in [0.25, 0.3) is 16.7 Å². The Labute approximate surface area is 196 Å². The third-order valence-electron chi connectivity index (χ3n) is 5.35. The number of hydrogen-bond donors (Lipinski definition) is 3. The predicted molar refractivity (Wildman–Crippen MR) is 129 cm³/mol. The zero-order chi connectivity index (χ0) is 23.9. The van der Waals surface area contributed by atoms with Gasteiger partial charge in [0.1, 0.15) is 5.82 Å². The highest BCUT2D eigenvalue weighted by Gasteiger charge is 2.14.